The summed E-state index contributed by atoms with van der Waals surface area (Å²) in [5, 5.41) is -0.337. The van der Waals surface area contributed by atoms with Crippen LogP contribution in [-0.4, -0.2) is 30.1 Å². The fraction of sp³-hybridized carbons (Fsp3) is 0.600. The zero-order chi connectivity index (χ0) is 15.2. The number of ether oxygens (including phenoxy) is 1. The third-order valence-corrected chi connectivity index (χ3v) is 5.01. The lowest BCUT2D eigenvalue weighted by atomic mass is 10.0. The summed E-state index contributed by atoms with van der Waals surface area (Å²) in [5.74, 6) is 0.139. The first-order chi connectivity index (χ1) is 9.86. The van der Waals surface area contributed by atoms with Crippen molar-refractivity contribution in [2.75, 3.05) is 7.05 Å². The summed E-state index contributed by atoms with van der Waals surface area (Å²) in [7, 11) is 2.11. The van der Waals surface area contributed by atoms with Crippen molar-refractivity contribution in [1.82, 2.24) is 4.90 Å². The van der Waals surface area contributed by atoms with Gasteiger partial charge in [-0.25, -0.2) is 0 Å². The van der Waals surface area contributed by atoms with Crippen molar-refractivity contribution in [3.63, 3.8) is 0 Å². The van der Waals surface area contributed by atoms with Gasteiger partial charge >= 0.3 is 6.18 Å². The van der Waals surface area contributed by atoms with E-state index in [0.717, 1.165) is 31.7 Å². The predicted octanol–water partition coefficient (Wildman–Crippen LogP) is 4.36. The first-order valence-corrected chi connectivity index (χ1v) is 7.48. The van der Waals surface area contributed by atoms with E-state index in [9.17, 15) is 13.2 Å². The van der Waals surface area contributed by atoms with Gasteiger partial charge in [0.05, 0.1) is 10.6 Å². The van der Waals surface area contributed by atoms with E-state index in [-0.39, 0.29) is 16.9 Å². The van der Waals surface area contributed by atoms with E-state index in [0.29, 0.717) is 12.1 Å². The van der Waals surface area contributed by atoms with E-state index in [1.54, 1.807) is 0 Å². The van der Waals surface area contributed by atoms with Crippen molar-refractivity contribution in [1.29, 1.82) is 0 Å². The summed E-state index contributed by atoms with van der Waals surface area (Å²) in [6.45, 7) is 0. The summed E-state index contributed by atoms with van der Waals surface area (Å²) in [5.41, 5.74) is -0.836. The Kier molecular flexibility index (Phi) is 3.82. The minimum atomic E-state index is -4.46. The Morgan fingerprint density at radius 1 is 1.19 bits per heavy atom. The van der Waals surface area contributed by atoms with Crippen molar-refractivity contribution in [2.24, 2.45) is 0 Å². The largest absolute Gasteiger partial charge is 0.489 e. The molecule has 2 atom stereocenters. The fourth-order valence-corrected chi connectivity index (χ4v) is 3.74. The van der Waals surface area contributed by atoms with Crippen LogP contribution >= 0.6 is 11.6 Å². The molecular weight excluding hydrogens is 303 g/mol. The highest BCUT2D eigenvalue weighted by Crippen LogP contribution is 2.41. The summed E-state index contributed by atoms with van der Waals surface area (Å²) in [4.78, 5) is 2.35. The Morgan fingerprint density at radius 3 is 2.38 bits per heavy atom. The second-order valence-corrected chi connectivity index (χ2v) is 6.26. The molecule has 0 radical (unpaired) electrons. The van der Waals surface area contributed by atoms with Crippen LogP contribution in [0.5, 0.6) is 5.75 Å². The molecule has 1 aromatic rings. The maximum Gasteiger partial charge on any atom is 0.417 e. The van der Waals surface area contributed by atoms with Crippen LogP contribution in [0.3, 0.4) is 0 Å². The molecule has 2 nitrogen and oxygen atoms in total. The number of hydrogen-bond acceptors (Lipinski definition) is 2. The van der Waals surface area contributed by atoms with Crippen LogP contribution in [0.1, 0.15) is 31.2 Å². The number of alkyl halides is 3. The molecule has 2 fully saturated rings. The lowest BCUT2D eigenvalue weighted by molar-refractivity contribution is -0.137. The highest BCUT2D eigenvalue weighted by Gasteiger charge is 2.40. The van der Waals surface area contributed by atoms with Crippen LogP contribution in [0.2, 0.25) is 5.02 Å². The van der Waals surface area contributed by atoms with E-state index in [1.165, 1.54) is 12.1 Å². The van der Waals surface area contributed by atoms with Crippen LogP contribution in [0, 0.1) is 0 Å². The lowest BCUT2D eigenvalue weighted by Crippen LogP contribution is -2.43. The number of benzene rings is 1. The SMILES string of the molecule is CN1C2CCC1CC(Oc1cccc(C(F)(F)F)c1Cl)C2. The lowest BCUT2D eigenvalue weighted by Gasteiger charge is -2.36. The van der Waals surface area contributed by atoms with Crippen molar-refractivity contribution in [3.05, 3.63) is 28.8 Å². The van der Waals surface area contributed by atoms with Gasteiger partial charge in [0.25, 0.3) is 0 Å². The van der Waals surface area contributed by atoms with Crippen LogP contribution in [-0.2, 0) is 6.18 Å². The number of halogens is 4. The highest BCUT2D eigenvalue weighted by atomic mass is 35.5. The molecule has 0 N–H and O–H groups in total. The topological polar surface area (TPSA) is 12.5 Å². The van der Waals surface area contributed by atoms with Crippen LogP contribution in [0.25, 0.3) is 0 Å². The molecule has 2 bridgehead atoms. The van der Waals surface area contributed by atoms with E-state index in [1.807, 2.05) is 0 Å². The fourth-order valence-electron chi connectivity index (χ4n) is 3.46. The van der Waals surface area contributed by atoms with Crippen molar-refractivity contribution < 1.29 is 17.9 Å². The quantitative estimate of drug-likeness (QED) is 0.803. The van der Waals surface area contributed by atoms with Gasteiger partial charge in [0, 0.05) is 12.1 Å². The monoisotopic (exact) mass is 319 g/mol. The molecule has 0 spiro atoms. The van der Waals surface area contributed by atoms with Crippen LogP contribution < -0.4 is 4.74 Å². The molecule has 0 saturated carbocycles. The smallest absolute Gasteiger partial charge is 0.417 e. The third kappa shape index (κ3) is 2.86. The molecule has 21 heavy (non-hydrogen) atoms. The number of fused-ring (bicyclic) bond motifs is 2. The van der Waals surface area contributed by atoms with Crippen LogP contribution in [0.15, 0.2) is 18.2 Å². The zero-order valence-corrected chi connectivity index (χ0v) is 12.4. The maximum absolute atomic E-state index is 12.8. The summed E-state index contributed by atoms with van der Waals surface area (Å²) in [6.07, 6.45) is -0.546. The molecule has 3 rings (SSSR count). The Hall–Kier alpha value is -0.940. The molecular formula is C15H17ClF3NO. The van der Waals surface area contributed by atoms with Crippen molar-refractivity contribution in [2.45, 2.75) is 50.0 Å². The average Bonchev–Trinajstić information content (AvgIpc) is 2.62. The first kappa shape index (κ1) is 15.0. The minimum absolute atomic E-state index is 0.0558. The second-order valence-electron chi connectivity index (χ2n) is 5.88. The molecule has 2 aliphatic heterocycles. The van der Waals surface area contributed by atoms with E-state index in [2.05, 4.69) is 11.9 Å². The minimum Gasteiger partial charge on any atom is -0.489 e. The number of rotatable bonds is 2. The Labute approximate surface area is 126 Å². The van der Waals surface area contributed by atoms with Gasteiger partial charge in [0.2, 0.25) is 0 Å². The normalized spacial score (nSPS) is 29.7. The van der Waals surface area contributed by atoms with Gasteiger partial charge in [-0.15, -0.1) is 0 Å². The maximum atomic E-state index is 12.8. The van der Waals surface area contributed by atoms with E-state index >= 15 is 0 Å². The molecule has 116 valence electrons. The Balaban J connectivity index is 1.77. The number of hydrogen-bond donors (Lipinski definition) is 0. The van der Waals surface area contributed by atoms with Crippen molar-refractivity contribution >= 4 is 11.6 Å². The Morgan fingerprint density at radius 2 is 1.81 bits per heavy atom. The van der Waals surface area contributed by atoms with Gasteiger partial charge < -0.3 is 9.64 Å². The second kappa shape index (κ2) is 5.36. The summed E-state index contributed by atoms with van der Waals surface area (Å²) < 4.78 is 44.3. The van der Waals surface area contributed by atoms with E-state index in [4.69, 9.17) is 16.3 Å². The third-order valence-electron chi connectivity index (χ3n) is 4.62. The molecule has 0 aliphatic carbocycles. The molecule has 2 saturated heterocycles. The summed E-state index contributed by atoms with van der Waals surface area (Å²) in [6, 6.07) is 4.77. The molecule has 0 aromatic heterocycles. The first-order valence-electron chi connectivity index (χ1n) is 7.10. The molecule has 2 aliphatic rings. The van der Waals surface area contributed by atoms with Gasteiger partial charge in [0.1, 0.15) is 11.9 Å². The van der Waals surface area contributed by atoms with Gasteiger partial charge in [-0.1, -0.05) is 17.7 Å². The van der Waals surface area contributed by atoms with Gasteiger partial charge in [-0.2, -0.15) is 13.2 Å². The highest BCUT2D eigenvalue weighted by molar-refractivity contribution is 6.32. The molecule has 1 aromatic carbocycles. The molecule has 0 amide bonds. The molecule has 6 heteroatoms. The molecule has 2 heterocycles. The van der Waals surface area contributed by atoms with E-state index < -0.39 is 11.7 Å². The van der Waals surface area contributed by atoms with Gasteiger partial charge in [-0.3, -0.25) is 0 Å². The van der Waals surface area contributed by atoms with Gasteiger partial charge in [0.15, 0.2) is 0 Å². The van der Waals surface area contributed by atoms with Crippen LogP contribution in [0.4, 0.5) is 13.2 Å². The summed E-state index contributed by atoms with van der Waals surface area (Å²) >= 11 is 5.87. The van der Waals surface area contributed by atoms with Gasteiger partial charge in [-0.05, 0) is 44.9 Å². The number of nitrogens with zero attached hydrogens (tertiary/aromatic N) is 1. The standard InChI is InChI=1S/C15H17ClF3NO/c1-20-9-5-6-10(20)8-11(7-9)21-13-4-2-3-12(14(13)16)15(17,18)19/h2-4,9-11H,5-8H2,1H3. The predicted molar refractivity (Wildman–Crippen MR) is 74.7 cm³/mol. The Bertz CT molecular complexity index is 520. The van der Waals surface area contributed by atoms with Crippen molar-refractivity contribution in [3.8, 4) is 5.75 Å². The molecule has 2 unspecified atom stereocenters. The number of piperidine rings is 1. The average molecular weight is 320 g/mol. The zero-order valence-electron chi connectivity index (χ0n) is 11.7.